The summed E-state index contributed by atoms with van der Waals surface area (Å²) in [5.74, 6) is -0.395. The summed E-state index contributed by atoms with van der Waals surface area (Å²) in [6.07, 6.45) is 1.75. The average molecular weight is 488 g/mol. The van der Waals surface area contributed by atoms with Crippen LogP contribution in [-0.4, -0.2) is 49.5 Å². The van der Waals surface area contributed by atoms with Gasteiger partial charge >= 0.3 is 0 Å². The molecule has 0 bridgehead atoms. The molecule has 2 heterocycles. The predicted molar refractivity (Wildman–Crippen MR) is 130 cm³/mol. The highest BCUT2D eigenvalue weighted by atomic mass is 32.2. The fourth-order valence-corrected chi connectivity index (χ4v) is 6.36. The SMILES string of the molecule is CCn1c(=NC(=O)c2ccc(S(=O)(=O)N(C)CC3CCCO3)cc2)sc2cc(C)c(C)cc21. The minimum Gasteiger partial charge on any atom is -0.377 e. The van der Waals surface area contributed by atoms with E-state index in [4.69, 9.17) is 4.74 Å². The molecule has 1 saturated heterocycles. The molecule has 3 aromatic rings. The zero-order valence-electron chi connectivity index (χ0n) is 19.4. The molecule has 0 saturated carbocycles. The number of nitrogens with zero attached hydrogens (tertiary/aromatic N) is 3. The zero-order chi connectivity index (χ0) is 23.8. The van der Waals surface area contributed by atoms with Crippen LogP contribution >= 0.6 is 11.3 Å². The van der Waals surface area contributed by atoms with Gasteiger partial charge in [0, 0.05) is 32.3 Å². The number of carbonyl (C=O) groups is 1. The minimum atomic E-state index is -3.65. The van der Waals surface area contributed by atoms with E-state index in [1.807, 2.05) is 11.5 Å². The second kappa shape index (κ2) is 9.50. The van der Waals surface area contributed by atoms with Crippen molar-refractivity contribution in [1.82, 2.24) is 8.87 Å². The van der Waals surface area contributed by atoms with Crippen molar-refractivity contribution in [2.45, 2.75) is 51.2 Å². The monoisotopic (exact) mass is 487 g/mol. The topological polar surface area (TPSA) is 81.0 Å². The summed E-state index contributed by atoms with van der Waals surface area (Å²) in [5.41, 5.74) is 3.81. The van der Waals surface area contributed by atoms with Crippen molar-refractivity contribution in [3.05, 3.63) is 57.9 Å². The number of fused-ring (bicyclic) bond motifs is 1. The fourth-order valence-electron chi connectivity index (χ4n) is 3.99. The molecule has 1 unspecified atom stereocenters. The Kier molecular flexibility index (Phi) is 6.86. The van der Waals surface area contributed by atoms with Crippen LogP contribution < -0.4 is 4.80 Å². The first-order valence-electron chi connectivity index (χ1n) is 11.1. The molecule has 0 radical (unpaired) electrons. The summed E-state index contributed by atoms with van der Waals surface area (Å²) >= 11 is 1.48. The lowest BCUT2D eigenvalue weighted by atomic mass is 10.1. The van der Waals surface area contributed by atoms with Crippen LogP contribution in [0.5, 0.6) is 0 Å². The standard InChI is InChI=1S/C24H29N3O4S2/c1-5-27-21-13-16(2)17(3)14-22(21)32-24(27)25-23(28)18-8-10-20(11-9-18)33(29,30)26(4)15-19-7-6-12-31-19/h8-11,13-14,19H,5-7,12,15H2,1-4H3. The van der Waals surface area contributed by atoms with Gasteiger partial charge in [-0.15, -0.1) is 0 Å². The first-order valence-corrected chi connectivity index (χ1v) is 13.3. The van der Waals surface area contributed by atoms with Crippen LogP contribution in [0, 0.1) is 13.8 Å². The van der Waals surface area contributed by atoms with Gasteiger partial charge in [0.15, 0.2) is 4.80 Å². The maximum atomic E-state index is 12.9. The van der Waals surface area contributed by atoms with E-state index in [1.54, 1.807) is 7.05 Å². The number of aromatic nitrogens is 1. The van der Waals surface area contributed by atoms with E-state index in [2.05, 4.69) is 31.0 Å². The number of sulfonamides is 1. The van der Waals surface area contributed by atoms with Gasteiger partial charge in [-0.05, 0) is 81.1 Å². The predicted octanol–water partition coefficient (Wildman–Crippen LogP) is 3.88. The summed E-state index contributed by atoms with van der Waals surface area (Å²) in [6.45, 7) is 7.86. The van der Waals surface area contributed by atoms with E-state index < -0.39 is 15.9 Å². The second-order valence-corrected chi connectivity index (χ2v) is 11.4. The van der Waals surface area contributed by atoms with Crippen molar-refractivity contribution >= 4 is 37.5 Å². The molecule has 1 aliphatic rings. The number of carbonyl (C=O) groups excluding carboxylic acids is 1. The van der Waals surface area contributed by atoms with Gasteiger partial charge in [-0.3, -0.25) is 4.79 Å². The van der Waals surface area contributed by atoms with Gasteiger partial charge in [-0.1, -0.05) is 11.3 Å². The fraction of sp³-hybridized carbons (Fsp3) is 0.417. The summed E-state index contributed by atoms with van der Waals surface area (Å²) < 4.78 is 35.8. The van der Waals surface area contributed by atoms with Crippen LogP contribution in [0.25, 0.3) is 10.2 Å². The maximum Gasteiger partial charge on any atom is 0.279 e. The van der Waals surface area contributed by atoms with Crippen molar-refractivity contribution < 1.29 is 17.9 Å². The number of thiazole rings is 1. The maximum absolute atomic E-state index is 12.9. The minimum absolute atomic E-state index is 0.0661. The average Bonchev–Trinajstić information content (AvgIpc) is 3.41. The first-order chi connectivity index (χ1) is 15.7. The molecule has 2 aromatic carbocycles. The number of benzene rings is 2. The molecule has 7 nitrogen and oxygen atoms in total. The zero-order valence-corrected chi connectivity index (χ0v) is 21.0. The van der Waals surface area contributed by atoms with Gasteiger partial charge in [0.2, 0.25) is 10.0 Å². The molecule has 1 aromatic heterocycles. The van der Waals surface area contributed by atoms with Gasteiger partial charge in [0.25, 0.3) is 5.91 Å². The Morgan fingerprint density at radius 2 is 1.91 bits per heavy atom. The van der Waals surface area contributed by atoms with Gasteiger partial charge in [0.05, 0.1) is 21.2 Å². The molecule has 9 heteroatoms. The number of hydrogen-bond donors (Lipinski definition) is 0. The van der Waals surface area contributed by atoms with Crippen LogP contribution in [0.1, 0.15) is 41.3 Å². The molecule has 1 amide bonds. The Morgan fingerprint density at radius 1 is 1.21 bits per heavy atom. The van der Waals surface area contributed by atoms with E-state index in [0.717, 1.165) is 23.1 Å². The number of rotatable bonds is 6. The van der Waals surface area contributed by atoms with E-state index in [-0.39, 0.29) is 11.0 Å². The van der Waals surface area contributed by atoms with E-state index in [9.17, 15) is 13.2 Å². The summed E-state index contributed by atoms with van der Waals surface area (Å²) in [4.78, 5) is 18.0. The number of amides is 1. The Bertz CT molecular complexity index is 1350. The molecule has 1 aliphatic heterocycles. The van der Waals surface area contributed by atoms with Crippen molar-refractivity contribution in [2.24, 2.45) is 4.99 Å². The Balaban J connectivity index is 1.59. The van der Waals surface area contributed by atoms with Crippen LogP contribution in [0.2, 0.25) is 0 Å². The Hall–Kier alpha value is -2.33. The van der Waals surface area contributed by atoms with Crippen molar-refractivity contribution in [3.63, 3.8) is 0 Å². The highest BCUT2D eigenvalue weighted by molar-refractivity contribution is 7.89. The molecule has 33 heavy (non-hydrogen) atoms. The van der Waals surface area contributed by atoms with Gasteiger partial charge < -0.3 is 9.30 Å². The Morgan fingerprint density at radius 3 is 2.55 bits per heavy atom. The van der Waals surface area contributed by atoms with Crippen LogP contribution in [0.15, 0.2) is 46.3 Å². The highest BCUT2D eigenvalue weighted by Crippen LogP contribution is 2.23. The summed E-state index contributed by atoms with van der Waals surface area (Å²) in [5, 5.41) is 0. The van der Waals surface area contributed by atoms with Crippen molar-refractivity contribution in [3.8, 4) is 0 Å². The second-order valence-electron chi connectivity index (χ2n) is 8.39. The summed E-state index contributed by atoms with van der Waals surface area (Å²) in [6, 6.07) is 10.2. The van der Waals surface area contributed by atoms with E-state index in [1.165, 1.54) is 51.0 Å². The first kappa shape index (κ1) is 23.8. The molecule has 1 fully saturated rings. The summed E-state index contributed by atoms with van der Waals surface area (Å²) in [7, 11) is -2.10. The third-order valence-electron chi connectivity index (χ3n) is 6.11. The molecular formula is C24H29N3O4S2. The largest absolute Gasteiger partial charge is 0.377 e. The molecule has 1 atom stereocenters. The van der Waals surface area contributed by atoms with Crippen LogP contribution in [0.4, 0.5) is 0 Å². The lowest BCUT2D eigenvalue weighted by Gasteiger charge is -2.20. The molecule has 176 valence electrons. The number of ether oxygens (including phenoxy) is 1. The van der Waals surface area contributed by atoms with Gasteiger partial charge in [-0.25, -0.2) is 8.42 Å². The number of likely N-dealkylation sites (N-methyl/N-ethyl adjacent to an activating group) is 1. The highest BCUT2D eigenvalue weighted by Gasteiger charge is 2.26. The number of hydrogen-bond acceptors (Lipinski definition) is 5. The van der Waals surface area contributed by atoms with Crippen LogP contribution in [0.3, 0.4) is 0 Å². The van der Waals surface area contributed by atoms with Crippen molar-refractivity contribution in [2.75, 3.05) is 20.2 Å². The van der Waals surface area contributed by atoms with E-state index in [0.29, 0.717) is 30.1 Å². The smallest absolute Gasteiger partial charge is 0.279 e. The molecule has 0 aliphatic carbocycles. The lowest BCUT2D eigenvalue weighted by molar-refractivity contribution is 0.0979. The lowest BCUT2D eigenvalue weighted by Crippen LogP contribution is -2.34. The molecule has 4 rings (SSSR count). The van der Waals surface area contributed by atoms with E-state index >= 15 is 0 Å². The van der Waals surface area contributed by atoms with Crippen molar-refractivity contribution in [1.29, 1.82) is 0 Å². The molecular weight excluding hydrogens is 458 g/mol. The van der Waals surface area contributed by atoms with Crippen LogP contribution in [-0.2, 0) is 21.3 Å². The Labute approximate surface area is 198 Å². The third kappa shape index (κ3) is 4.82. The quantitative estimate of drug-likeness (QED) is 0.528. The molecule has 0 N–H and O–H groups in total. The third-order valence-corrected chi connectivity index (χ3v) is 8.98. The normalized spacial score (nSPS) is 17.4. The molecule has 0 spiro atoms. The number of aryl methyl sites for hydroxylation is 3. The van der Waals surface area contributed by atoms with Gasteiger partial charge in [0.1, 0.15) is 0 Å². The van der Waals surface area contributed by atoms with Gasteiger partial charge in [-0.2, -0.15) is 9.30 Å².